The molecule has 0 radical (unpaired) electrons. The summed E-state index contributed by atoms with van der Waals surface area (Å²) in [4.78, 5) is 130. The molecule has 2 aliphatic carbocycles. The summed E-state index contributed by atoms with van der Waals surface area (Å²) in [5.41, 5.74) is 0.637. The second-order valence-corrected chi connectivity index (χ2v) is 25.8. The lowest BCUT2D eigenvalue weighted by atomic mass is 9.82. The quantitative estimate of drug-likeness (QED) is 0.0150. The summed E-state index contributed by atoms with van der Waals surface area (Å²) in [6.45, 7) is 23.1. The van der Waals surface area contributed by atoms with E-state index in [9.17, 15) is 53.2 Å². The standard InChI is InChI=1S/C67H74N2O20S2/c1-9-52(70)82-37-66(4,5)39-84-56(74)29-27-54(72)80-33-31-42-11-23-48(24-12-42)86-61(76)44-15-19-46(20-16-44)63(78)88-51-35-41(3)58(60-59(51)90-65(91-60)50(36-68)69-8)89-64(79)47-21-17-45(18-22-47)62(77)87-49-25-13-43(14-26-49)32-34-81-55(73)28-30-57(75)85-40-67(6,7)38-83-53(71)10-2/h9-14,23-26,35,44-47H,1-2,15-22,27-34,37-40H2,3-7H3/b65-50+. The number of ether oxygens (including phenoxy) is 10. The number of hydrogen-bond acceptors (Lipinski definition) is 23. The van der Waals surface area contributed by atoms with Gasteiger partial charge in [0, 0.05) is 35.8 Å². The number of allylic oxidation sites excluding steroid dienone is 1. The van der Waals surface area contributed by atoms with Crippen LogP contribution in [-0.2, 0) is 89.2 Å². The number of esters is 10. The van der Waals surface area contributed by atoms with Gasteiger partial charge in [-0.05, 0) is 105 Å². The van der Waals surface area contributed by atoms with Gasteiger partial charge in [0.15, 0.2) is 0 Å². The van der Waals surface area contributed by atoms with Gasteiger partial charge in [-0.3, -0.25) is 38.4 Å². The van der Waals surface area contributed by atoms with E-state index in [0.717, 1.165) is 46.8 Å². The summed E-state index contributed by atoms with van der Waals surface area (Å²) >= 11 is 2.14. The average molecular weight is 1290 g/mol. The number of fused-ring (bicyclic) bond motifs is 1. The molecule has 91 heavy (non-hydrogen) atoms. The van der Waals surface area contributed by atoms with E-state index in [-0.39, 0.29) is 82.5 Å². The highest BCUT2D eigenvalue weighted by atomic mass is 32.2. The number of carbonyl (C=O) groups is 10. The molecular formula is C67H74N2O20S2. The van der Waals surface area contributed by atoms with Crippen molar-refractivity contribution in [1.82, 2.24) is 0 Å². The number of aryl methyl sites for hydroxylation is 1. The molecular weight excluding hydrogens is 1220 g/mol. The van der Waals surface area contributed by atoms with E-state index in [4.69, 9.17) is 53.9 Å². The van der Waals surface area contributed by atoms with Gasteiger partial charge < -0.3 is 47.4 Å². The van der Waals surface area contributed by atoms with Crippen LogP contribution >= 0.6 is 23.5 Å². The van der Waals surface area contributed by atoms with Crippen molar-refractivity contribution in [2.75, 3.05) is 39.6 Å². The second-order valence-electron chi connectivity index (χ2n) is 23.5. The molecule has 3 aliphatic rings. The molecule has 0 N–H and O–H groups in total. The summed E-state index contributed by atoms with van der Waals surface area (Å²) in [6.07, 6.45) is 4.92. The highest BCUT2D eigenvalue weighted by Crippen LogP contribution is 2.60. The summed E-state index contributed by atoms with van der Waals surface area (Å²) < 4.78 is 54.9. The van der Waals surface area contributed by atoms with E-state index >= 15 is 0 Å². The Kier molecular flexibility index (Phi) is 27.0. The summed E-state index contributed by atoms with van der Waals surface area (Å²) in [5.74, 6) is -6.47. The van der Waals surface area contributed by atoms with Crippen molar-refractivity contribution in [3.05, 3.63) is 118 Å². The minimum absolute atomic E-state index is 0.0137. The van der Waals surface area contributed by atoms with Crippen LogP contribution in [0.15, 0.2) is 99.6 Å². The van der Waals surface area contributed by atoms with Gasteiger partial charge >= 0.3 is 59.7 Å². The molecule has 0 spiro atoms. The average Bonchev–Trinajstić information content (AvgIpc) is 1.72. The number of nitrogens with zero attached hydrogens (tertiary/aromatic N) is 2. The van der Waals surface area contributed by atoms with Gasteiger partial charge in [-0.2, -0.15) is 0 Å². The minimum Gasteiger partial charge on any atom is -0.465 e. The van der Waals surface area contributed by atoms with Crippen LogP contribution in [0.2, 0.25) is 0 Å². The fourth-order valence-corrected chi connectivity index (χ4v) is 12.0. The maximum atomic E-state index is 13.8. The zero-order valence-corrected chi connectivity index (χ0v) is 53.2. The van der Waals surface area contributed by atoms with Crippen LogP contribution in [0.4, 0.5) is 0 Å². The van der Waals surface area contributed by atoms with Gasteiger partial charge in [-0.15, -0.1) is 0 Å². The molecule has 24 heteroatoms. The number of thioether (sulfide) groups is 2. The monoisotopic (exact) mass is 1290 g/mol. The predicted octanol–water partition coefficient (Wildman–Crippen LogP) is 10.8. The van der Waals surface area contributed by atoms with Crippen LogP contribution < -0.4 is 18.9 Å². The number of carbonyl (C=O) groups excluding carboxylic acids is 10. The molecule has 0 aromatic heterocycles. The lowest BCUT2D eigenvalue weighted by Gasteiger charge is -2.27. The van der Waals surface area contributed by atoms with Crippen molar-refractivity contribution in [3.63, 3.8) is 0 Å². The maximum Gasteiger partial charge on any atom is 0.330 e. The molecule has 3 aromatic carbocycles. The SMILES string of the molecule is [C-]#[N+]/C(C#N)=C1\Sc2c(OC(=O)C3CCC(C(=O)Oc4ccc(CCOC(=O)CCC(=O)OCC(C)(C)COC(=O)C=C)cc4)CC3)cc(C)c(OC(=O)C3CCC(C(=O)Oc4ccc(CCOC(=O)CCC(=O)OCC(C)(C)COC(=O)C=C)cc4)CC3)c2S1. The Morgan fingerprint density at radius 3 is 1.26 bits per heavy atom. The van der Waals surface area contributed by atoms with Gasteiger partial charge in [0.2, 0.25) is 0 Å². The van der Waals surface area contributed by atoms with Crippen molar-refractivity contribution in [2.45, 2.75) is 134 Å². The highest BCUT2D eigenvalue weighted by molar-refractivity contribution is 8.24. The molecule has 0 atom stereocenters. The zero-order chi connectivity index (χ0) is 66.3. The van der Waals surface area contributed by atoms with Crippen molar-refractivity contribution >= 4 is 83.2 Å². The largest absolute Gasteiger partial charge is 0.465 e. The molecule has 0 saturated heterocycles. The maximum absolute atomic E-state index is 13.8. The molecule has 0 bridgehead atoms. The molecule has 3 aromatic rings. The van der Waals surface area contributed by atoms with Gasteiger partial charge in [0.05, 0.1) is 116 Å². The van der Waals surface area contributed by atoms with Gasteiger partial charge in [0.1, 0.15) is 23.0 Å². The summed E-state index contributed by atoms with van der Waals surface area (Å²) in [5, 5.41) is 9.78. The van der Waals surface area contributed by atoms with Crippen LogP contribution in [-0.4, -0.2) is 99.3 Å². The number of benzene rings is 3. The van der Waals surface area contributed by atoms with Crippen LogP contribution in [0.5, 0.6) is 23.0 Å². The molecule has 6 rings (SSSR count). The minimum atomic E-state index is -0.633. The first-order chi connectivity index (χ1) is 43.4. The fourth-order valence-electron chi connectivity index (χ4n) is 9.43. The first-order valence-corrected chi connectivity index (χ1v) is 31.3. The molecule has 484 valence electrons. The Balaban J connectivity index is 0.906. The van der Waals surface area contributed by atoms with Crippen molar-refractivity contribution in [1.29, 1.82) is 5.26 Å². The molecule has 2 saturated carbocycles. The molecule has 1 heterocycles. The molecule has 0 amide bonds. The van der Waals surface area contributed by atoms with Crippen LogP contribution in [0.3, 0.4) is 0 Å². The topological polar surface area (TPSA) is 291 Å². The van der Waals surface area contributed by atoms with Gasteiger partial charge in [-0.25, -0.2) is 19.7 Å². The smallest absolute Gasteiger partial charge is 0.330 e. The first kappa shape index (κ1) is 71.3. The Labute approximate surface area is 536 Å². The Bertz CT molecular complexity index is 3310. The number of hydrogen-bond donors (Lipinski definition) is 0. The summed E-state index contributed by atoms with van der Waals surface area (Å²) in [7, 11) is 0. The normalized spacial score (nSPS) is 17.4. The lowest BCUT2D eigenvalue weighted by Crippen LogP contribution is -2.31. The Morgan fingerprint density at radius 1 is 0.538 bits per heavy atom. The second kappa shape index (κ2) is 34.5. The number of nitriles is 1. The Morgan fingerprint density at radius 2 is 0.890 bits per heavy atom. The van der Waals surface area contributed by atoms with E-state index in [1.54, 1.807) is 89.2 Å². The van der Waals surface area contributed by atoms with Gasteiger partial charge in [-0.1, -0.05) is 88.6 Å². The summed E-state index contributed by atoms with van der Waals surface area (Å²) in [6, 6.07) is 17.0. The van der Waals surface area contributed by atoms with Gasteiger partial charge in [0.25, 0.3) is 5.70 Å². The Hall–Kier alpha value is -8.74. The van der Waals surface area contributed by atoms with Crippen molar-refractivity contribution in [3.8, 4) is 29.1 Å². The third-order valence-corrected chi connectivity index (χ3v) is 17.4. The van der Waals surface area contributed by atoms with E-state index in [0.29, 0.717) is 95.3 Å². The van der Waals surface area contributed by atoms with Crippen LogP contribution in [0.25, 0.3) is 4.85 Å². The third-order valence-electron chi connectivity index (χ3n) is 14.8. The zero-order valence-electron chi connectivity index (χ0n) is 51.6. The number of rotatable bonds is 30. The van der Waals surface area contributed by atoms with E-state index in [2.05, 4.69) is 18.0 Å². The fraction of sp³-hybridized carbons (Fsp3) is 0.463. The highest BCUT2D eigenvalue weighted by Gasteiger charge is 2.38. The van der Waals surface area contributed by atoms with Crippen molar-refractivity contribution < 1.29 is 95.3 Å². The van der Waals surface area contributed by atoms with Crippen molar-refractivity contribution in [2.24, 2.45) is 34.5 Å². The third kappa shape index (κ3) is 22.9. The molecule has 0 unspecified atom stereocenters. The van der Waals surface area contributed by atoms with Crippen LogP contribution in [0, 0.1) is 59.3 Å². The first-order valence-electron chi connectivity index (χ1n) is 29.7. The van der Waals surface area contributed by atoms with Crippen LogP contribution in [0.1, 0.15) is 121 Å². The lowest BCUT2D eigenvalue weighted by molar-refractivity contribution is -0.154. The molecule has 22 nitrogen and oxygen atoms in total. The molecule has 1 aliphatic heterocycles. The van der Waals surface area contributed by atoms with E-state index in [1.807, 2.05) is 6.07 Å². The van der Waals surface area contributed by atoms with E-state index in [1.165, 1.54) is 0 Å². The molecule has 2 fully saturated rings. The predicted molar refractivity (Wildman–Crippen MR) is 328 cm³/mol. The van der Waals surface area contributed by atoms with E-state index < -0.39 is 94.2 Å².